The summed E-state index contributed by atoms with van der Waals surface area (Å²) in [4.78, 5) is 19.3. The van der Waals surface area contributed by atoms with Crippen molar-refractivity contribution in [1.82, 2.24) is 20.4 Å². The number of likely N-dealkylation sites (tertiary alicyclic amines) is 1. The van der Waals surface area contributed by atoms with Crippen LogP contribution in [0.5, 0.6) is 5.75 Å². The summed E-state index contributed by atoms with van der Waals surface area (Å²) in [5.74, 6) is 1.70. The Bertz CT molecular complexity index is 1070. The first-order valence-electron chi connectivity index (χ1n) is 10.4. The Morgan fingerprint density at radius 3 is 2.81 bits per heavy atom. The second-order valence-electron chi connectivity index (χ2n) is 7.78. The molecule has 4 rings (SSSR count). The van der Waals surface area contributed by atoms with Crippen molar-refractivity contribution in [3.05, 3.63) is 64.0 Å². The van der Waals surface area contributed by atoms with Crippen LogP contribution in [0.1, 0.15) is 24.3 Å². The molecular weight excluding hydrogens is 451 g/mol. The Labute approximate surface area is 196 Å². The molecule has 7 nitrogen and oxygen atoms in total. The van der Waals surface area contributed by atoms with E-state index in [1.54, 1.807) is 25.3 Å². The van der Waals surface area contributed by atoms with Crippen LogP contribution < -0.4 is 10.1 Å². The number of nitrogens with zero attached hydrogens (tertiary/aromatic N) is 3. The number of nitrogens with one attached hydrogen (secondary N) is 1. The molecule has 168 valence electrons. The zero-order chi connectivity index (χ0) is 22.5. The van der Waals surface area contributed by atoms with Gasteiger partial charge in [-0.3, -0.25) is 9.69 Å². The lowest BCUT2D eigenvalue weighted by Gasteiger charge is -2.30. The van der Waals surface area contributed by atoms with E-state index in [0.717, 1.165) is 30.7 Å². The van der Waals surface area contributed by atoms with Crippen LogP contribution >= 0.6 is 23.2 Å². The Morgan fingerprint density at radius 2 is 2.06 bits per heavy atom. The highest BCUT2D eigenvalue weighted by Crippen LogP contribution is 2.28. The minimum Gasteiger partial charge on any atom is -0.497 e. The molecule has 0 aliphatic carbocycles. The molecule has 2 heterocycles. The predicted octanol–water partition coefficient (Wildman–Crippen LogP) is 4.58. The molecule has 32 heavy (non-hydrogen) atoms. The molecule has 3 aromatic rings. The maximum Gasteiger partial charge on any atom is 0.241 e. The molecular formula is C23H24Cl2N4O3. The molecule has 1 N–H and O–H groups in total. The third-order valence-electron chi connectivity index (χ3n) is 5.50. The number of carbonyl (C=O) groups is 1. The molecule has 0 saturated carbocycles. The first-order chi connectivity index (χ1) is 15.5. The summed E-state index contributed by atoms with van der Waals surface area (Å²) >= 11 is 12.2. The second kappa shape index (κ2) is 10.3. The van der Waals surface area contributed by atoms with Gasteiger partial charge in [0.15, 0.2) is 0 Å². The lowest BCUT2D eigenvalue weighted by atomic mass is 9.97. The van der Waals surface area contributed by atoms with Crippen molar-refractivity contribution < 1.29 is 14.1 Å². The number of amides is 1. The summed E-state index contributed by atoms with van der Waals surface area (Å²) in [6.45, 7) is 2.50. The van der Waals surface area contributed by atoms with Crippen molar-refractivity contribution in [2.75, 3.05) is 20.2 Å². The SMILES string of the molecule is COc1ccc(CNC(=O)C2CCCN(Cc3nc(-c4ccc(Cl)cc4Cl)no3)C2)cc1. The Hall–Kier alpha value is -2.61. The molecule has 1 fully saturated rings. The van der Waals surface area contributed by atoms with Gasteiger partial charge in [-0.25, -0.2) is 0 Å². The van der Waals surface area contributed by atoms with Gasteiger partial charge in [-0.15, -0.1) is 0 Å². The summed E-state index contributed by atoms with van der Waals surface area (Å²) in [7, 11) is 1.63. The normalized spacial score (nSPS) is 16.7. The van der Waals surface area contributed by atoms with Crippen molar-refractivity contribution in [1.29, 1.82) is 0 Å². The van der Waals surface area contributed by atoms with Gasteiger partial charge in [0.2, 0.25) is 17.6 Å². The first-order valence-corrected chi connectivity index (χ1v) is 11.2. The van der Waals surface area contributed by atoms with E-state index in [2.05, 4.69) is 20.4 Å². The quantitative estimate of drug-likeness (QED) is 0.539. The average molecular weight is 475 g/mol. The Morgan fingerprint density at radius 1 is 1.25 bits per heavy atom. The highest BCUT2D eigenvalue weighted by Gasteiger charge is 2.27. The standard InChI is InChI=1S/C23H24Cl2N4O3/c1-31-18-7-4-15(5-8-18)12-26-23(30)16-3-2-10-29(13-16)14-21-27-22(28-32-21)19-9-6-17(24)11-20(19)25/h4-9,11,16H,2-3,10,12-14H2,1H3,(H,26,30). The van der Waals surface area contributed by atoms with Crippen molar-refractivity contribution in [3.63, 3.8) is 0 Å². The van der Waals surface area contributed by atoms with E-state index in [0.29, 0.717) is 47.0 Å². The fraction of sp³-hybridized carbons (Fsp3) is 0.348. The predicted molar refractivity (Wildman–Crippen MR) is 123 cm³/mol. The van der Waals surface area contributed by atoms with E-state index in [1.807, 2.05) is 24.3 Å². The number of benzene rings is 2. The van der Waals surface area contributed by atoms with Crippen molar-refractivity contribution in [3.8, 4) is 17.1 Å². The average Bonchev–Trinajstić information content (AvgIpc) is 3.26. The van der Waals surface area contributed by atoms with E-state index < -0.39 is 0 Å². The van der Waals surface area contributed by atoms with Gasteiger partial charge in [-0.2, -0.15) is 4.98 Å². The second-order valence-corrected chi connectivity index (χ2v) is 8.62. The fourth-order valence-electron chi connectivity index (χ4n) is 3.78. The zero-order valence-corrected chi connectivity index (χ0v) is 19.2. The van der Waals surface area contributed by atoms with E-state index in [4.69, 9.17) is 32.5 Å². The molecule has 0 spiro atoms. The van der Waals surface area contributed by atoms with Gasteiger partial charge in [0.1, 0.15) is 5.75 Å². The van der Waals surface area contributed by atoms with Gasteiger partial charge < -0.3 is 14.6 Å². The number of halogens is 2. The largest absolute Gasteiger partial charge is 0.497 e. The smallest absolute Gasteiger partial charge is 0.241 e. The third kappa shape index (κ3) is 5.59. The number of hydrogen-bond acceptors (Lipinski definition) is 6. The van der Waals surface area contributed by atoms with Crippen LogP contribution in [0.2, 0.25) is 10.0 Å². The maximum absolute atomic E-state index is 12.7. The van der Waals surface area contributed by atoms with Crippen molar-refractivity contribution in [2.45, 2.75) is 25.9 Å². The van der Waals surface area contributed by atoms with Crippen LogP contribution in [0.4, 0.5) is 0 Å². The molecule has 1 atom stereocenters. The minimum atomic E-state index is -0.0740. The van der Waals surface area contributed by atoms with Crippen LogP contribution in [0.3, 0.4) is 0 Å². The summed E-state index contributed by atoms with van der Waals surface area (Å²) < 4.78 is 10.6. The number of ether oxygens (including phenoxy) is 1. The first kappa shape index (κ1) is 22.6. The van der Waals surface area contributed by atoms with Gasteiger partial charge in [0.25, 0.3) is 0 Å². The van der Waals surface area contributed by atoms with Gasteiger partial charge >= 0.3 is 0 Å². The van der Waals surface area contributed by atoms with E-state index in [-0.39, 0.29) is 11.8 Å². The topological polar surface area (TPSA) is 80.5 Å². The summed E-state index contributed by atoms with van der Waals surface area (Å²) in [5.41, 5.74) is 1.70. The molecule has 1 unspecified atom stereocenters. The van der Waals surface area contributed by atoms with E-state index >= 15 is 0 Å². The monoisotopic (exact) mass is 474 g/mol. The third-order valence-corrected chi connectivity index (χ3v) is 6.05. The number of hydrogen-bond donors (Lipinski definition) is 1. The Balaban J connectivity index is 1.32. The number of piperidine rings is 1. The van der Waals surface area contributed by atoms with Crippen LogP contribution in [0.15, 0.2) is 47.0 Å². The van der Waals surface area contributed by atoms with Gasteiger partial charge in [0.05, 0.1) is 24.6 Å². The van der Waals surface area contributed by atoms with Crippen molar-refractivity contribution in [2.24, 2.45) is 5.92 Å². The molecule has 1 saturated heterocycles. The van der Waals surface area contributed by atoms with Gasteiger partial charge in [-0.05, 0) is 55.3 Å². The van der Waals surface area contributed by atoms with Crippen molar-refractivity contribution >= 4 is 29.1 Å². The molecule has 9 heteroatoms. The lowest BCUT2D eigenvalue weighted by Crippen LogP contribution is -2.42. The number of methoxy groups -OCH3 is 1. The molecule has 0 radical (unpaired) electrons. The molecule has 0 bridgehead atoms. The summed E-state index contributed by atoms with van der Waals surface area (Å²) in [6, 6.07) is 12.8. The lowest BCUT2D eigenvalue weighted by molar-refractivity contribution is -0.127. The molecule has 1 aliphatic rings. The minimum absolute atomic E-state index is 0.0599. The maximum atomic E-state index is 12.7. The summed E-state index contributed by atoms with van der Waals surface area (Å²) in [5, 5.41) is 8.10. The van der Waals surface area contributed by atoms with Gasteiger partial charge in [-0.1, -0.05) is 40.5 Å². The van der Waals surface area contributed by atoms with E-state index in [9.17, 15) is 4.79 Å². The number of carbonyl (C=O) groups excluding carboxylic acids is 1. The molecule has 1 aliphatic heterocycles. The Kier molecular flexibility index (Phi) is 7.29. The fourth-order valence-corrected chi connectivity index (χ4v) is 4.27. The molecule has 1 aromatic heterocycles. The molecule has 1 amide bonds. The highest BCUT2D eigenvalue weighted by atomic mass is 35.5. The number of aromatic nitrogens is 2. The zero-order valence-electron chi connectivity index (χ0n) is 17.7. The van der Waals surface area contributed by atoms with E-state index in [1.165, 1.54) is 0 Å². The number of rotatable bonds is 7. The van der Waals surface area contributed by atoms with Gasteiger partial charge in [0, 0.05) is 23.7 Å². The van der Waals surface area contributed by atoms with Crippen LogP contribution in [0.25, 0.3) is 11.4 Å². The highest BCUT2D eigenvalue weighted by molar-refractivity contribution is 6.36. The van der Waals surface area contributed by atoms with Crippen LogP contribution in [-0.2, 0) is 17.9 Å². The van der Waals surface area contributed by atoms with Crippen LogP contribution in [-0.4, -0.2) is 41.1 Å². The molecule has 2 aromatic carbocycles. The summed E-state index contributed by atoms with van der Waals surface area (Å²) in [6.07, 6.45) is 1.80. The van der Waals surface area contributed by atoms with Crippen LogP contribution in [0, 0.1) is 5.92 Å².